The molecule has 2 aromatic rings. The van der Waals surface area contributed by atoms with Crippen LogP contribution < -0.4 is 9.62 Å². The topological polar surface area (TPSA) is 95.5 Å². The summed E-state index contributed by atoms with van der Waals surface area (Å²) < 4.78 is 29.1. The Kier molecular flexibility index (Phi) is 4.18. The summed E-state index contributed by atoms with van der Waals surface area (Å²) in [4.78, 5) is 14.0. The third kappa shape index (κ3) is 3.42. The SMILES string of the molecule is CS(=O)(=O)N1CCN(C(=O)Nc2cnns2)Cc2ccccc21. The zero-order valence-electron chi connectivity index (χ0n) is 12.3. The maximum absolute atomic E-state index is 12.4. The van der Waals surface area contributed by atoms with Crippen molar-refractivity contribution in [1.82, 2.24) is 14.5 Å². The summed E-state index contributed by atoms with van der Waals surface area (Å²) >= 11 is 1.08. The lowest BCUT2D eigenvalue weighted by atomic mass is 10.2. The predicted molar refractivity (Wildman–Crippen MR) is 88.0 cm³/mol. The van der Waals surface area contributed by atoms with Crippen LogP contribution in [-0.4, -0.2) is 48.3 Å². The van der Waals surface area contributed by atoms with Crippen molar-refractivity contribution in [3.8, 4) is 0 Å². The van der Waals surface area contributed by atoms with E-state index in [0.29, 0.717) is 23.8 Å². The molecule has 0 saturated heterocycles. The van der Waals surface area contributed by atoms with E-state index in [9.17, 15) is 13.2 Å². The fourth-order valence-corrected chi connectivity index (χ4v) is 3.79. The van der Waals surface area contributed by atoms with E-state index < -0.39 is 10.0 Å². The number of anilines is 2. The third-order valence-electron chi connectivity index (χ3n) is 3.47. The molecule has 23 heavy (non-hydrogen) atoms. The van der Waals surface area contributed by atoms with Gasteiger partial charge in [-0.3, -0.25) is 9.62 Å². The molecule has 0 aliphatic carbocycles. The lowest BCUT2D eigenvalue weighted by Crippen LogP contribution is -2.39. The average molecular weight is 353 g/mol. The minimum atomic E-state index is -3.40. The number of amides is 2. The maximum atomic E-state index is 12.4. The number of benzene rings is 1. The van der Waals surface area contributed by atoms with Crippen molar-refractivity contribution in [3.63, 3.8) is 0 Å². The van der Waals surface area contributed by atoms with E-state index in [4.69, 9.17) is 0 Å². The van der Waals surface area contributed by atoms with Gasteiger partial charge in [0, 0.05) is 24.6 Å². The Balaban J connectivity index is 1.87. The van der Waals surface area contributed by atoms with Gasteiger partial charge >= 0.3 is 6.03 Å². The Labute approximate surface area is 137 Å². The van der Waals surface area contributed by atoms with Crippen LogP contribution in [0.15, 0.2) is 30.5 Å². The van der Waals surface area contributed by atoms with Gasteiger partial charge in [-0.2, -0.15) is 0 Å². The first-order valence-electron chi connectivity index (χ1n) is 6.84. The third-order valence-corrected chi connectivity index (χ3v) is 5.23. The number of hydrogen-bond donors (Lipinski definition) is 1. The van der Waals surface area contributed by atoms with Crippen LogP contribution in [0.25, 0.3) is 0 Å². The number of nitrogens with one attached hydrogen (secondary N) is 1. The largest absolute Gasteiger partial charge is 0.322 e. The average Bonchev–Trinajstić information content (AvgIpc) is 2.90. The van der Waals surface area contributed by atoms with Crippen molar-refractivity contribution >= 4 is 38.3 Å². The van der Waals surface area contributed by atoms with Gasteiger partial charge in [0.25, 0.3) is 0 Å². The Hall–Kier alpha value is -2.20. The molecule has 3 rings (SSSR count). The second kappa shape index (κ2) is 6.13. The highest BCUT2D eigenvalue weighted by Gasteiger charge is 2.27. The van der Waals surface area contributed by atoms with Crippen LogP contribution in [0.3, 0.4) is 0 Å². The zero-order valence-corrected chi connectivity index (χ0v) is 14.0. The lowest BCUT2D eigenvalue weighted by molar-refractivity contribution is 0.212. The van der Waals surface area contributed by atoms with E-state index in [-0.39, 0.29) is 12.6 Å². The minimum absolute atomic E-state index is 0.213. The second-order valence-electron chi connectivity index (χ2n) is 5.10. The molecule has 0 radical (unpaired) electrons. The molecule has 122 valence electrons. The van der Waals surface area contributed by atoms with E-state index in [2.05, 4.69) is 14.9 Å². The molecular formula is C13H15N5O3S2. The van der Waals surface area contributed by atoms with Crippen LogP contribution in [-0.2, 0) is 16.6 Å². The van der Waals surface area contributed by atoms with Gasteiger partial charge in [0.1, 0.15) is 5.00 Å². The van der Waals surface area contributed by atoms with Gasteiger partial charge in [-0.25, -0.2) is 13.2 Å². The first-order valence-corrected chi connectivity index (χ1v) is 9.46. The van der Waals surface area contributed by atoms with Crippen LogP contribution in [0.4, 0.5) is 15.5 Å². The monoisotopic (exact) mass is 353 g/mol. The standard InChI is InChI=1S/C13H15N5O3S2/c1-23(20,21)18-7-6-17(9-10-4-2-3-5-11(10)18)13(19)15-12-8-14-16-22-12/h2-5,8H,6-7,9H2,1H3,(H,15,19). The number of hydrogen-bond acceptors (Lipinski definition) is 6. The van der Waals surface area contributed by atoms with E-state index in [0.717, 1.165) is 17.1 Å². The van der Waals surface area contributed by atoms with Crippen molar-refractivity contribution in [2.45, 2.75) is 6.54 Å². The number of sulfonamides is 1. The lowest BCUT2D eigenvalue weighted by Gasteiger charge is -2.22. The molecule has 1 aliphatic rings. The summed E-state index contributed by atoms with van der Waals surface area (Å²) in [5.74, 6) is 0. The van der Waals surface area contributed by atoms with E-state index in [1.165, 1.54) is 16.8 Å². The number of nitrogens with zero attached hydrogens (tertiary/aromatic N) is 4. The number of para-hydroxylation sites is 1. The summed E-state index contributed by atoms with van der Waals surface area (Å²) in [6.45, 7) is 0.838. The molecule has 1 aromatic carbocycles. The van der Waals surface area contributed by atoms with Crippen LogP contribution in [0.5, 0.6) is 0 Å². The molecule has 1 aromatic heterocycles. The fraction of sp³-hybridized carbons (Fsp3) is 0.308. The van der Waals surface area contributed by atoms with E-state index >= 15 is 0 Å². The zero-order chi connectivity index (χ0) is 16.4. The number of rotatable bonds is 2. The van der Waals surface area contributed by atoms with Crippen LogP contribution in [0.1, 0.15) is 5.56 Å². The Morgan fingerprint density at radius 3 is 2.78 bits per heavy atom. The number of carbonyl (C=O) groups excluding carboxylic acids is 1. The smallest absolute Gasteiger partial charge is 0.318 e. The van der Waals surface area contributed by atoms with Gasteiger partial charge < -0.3 is 4.90 Å². The van der Waals surface area contributed by atoms with Crippen LogP contribution in [0.2, 0.25) is 0 Å². The molecule has 10 heteroatoms. The van der Waals surface area contributed by atoms with Crippen molar-refractivity contribution in [2.24, 2.45) is 0 Å². The molecule has 1 N–H and O–H groups in total. The first-order chi connectivity index (χ1) is 10.9. The van der Waals surface area contributed by atoms with Gasteiger partial charge in [-0.15, -0.1) is 5.10 Å². The molecule has 0 unspecified atom stereocenters. The highest BCUT2D eigenvalue weighted by atomic mass is 32.2. The van der Waals surface area contributed by atoms with Crippen molar-refractivity contribution < 1.29 is 13.2 Å². The predicted octanol–water partition coefficient (Wildman–Crippen LogP) is 1.35. The van der Waals surface area contributed by atoms with Crippen molar-refractivity contribution in [3.05, 3.63) is 36.0 Å². The number of urea groups is 1. The molecular weight excluding hydrogens is 338 g/mol. The molecule has 2 amide bonds. The molecule has 2 heterocycles. The summed E-state index contributed by atoms with van der Waals surface area (Å²) in [5.41, 5.74) is 1.40. The Morgan fingerprint density at radius 2 is 2.09 bits per heavy atom. The van der Waals surface area contributed by atoms with Crippen molar-refractivity contribution in [1.29, 1.82) is 0 Å². The Morgan fingerprint density at radius 1 is 1.30 bits per heavy atom. The molecule has 0 saturated carbocycles. The molecule has 0 fully saturated rings. The fourth-order valence-electron chi connectivity index (χ4n) is 2.43. The number of fused-ring (bicyclic) bond motifs is 1. The highest BCUT2D eigenvalue weighted by molar-refractivity contribution is 7.92. The van der Waals surface area contributed by atoms with Gasteiger partial charge in [0.15, 0.2) is 0 Å². The van der Waals surface area contributed by atoms with Gasteiger partial charge in [0.05, 0.1) is 24.7 Å². The van der Waals surface area contributed by atoms with E-state index in [1.54, 1.807) is 17.0 Å². The normalized spacial score (nSPS) is 15.0. The van der Waals surface area contributed by atoms with Gasteiger partial charge in [-0.05, 0) is 11.6 Å². The molecule has 8 nitrogen and oxygen atoms in total. The van der Waals surface area contributed by atoms with Crippen molar-refractivity contribution in [2.75, 3.05) is 29.0 Å². The summed E-state index contributed by atoms with van der Waals surface area (Å²) in [7, 11) is -3.40. The molecule has 0 atom stereocenters. The summed E-state index contributed by atoms with van der Waals surface area (Å²) in [6, 6.07) is 6.89. The molecule has 0 spiro atoms. The van der Waals surface area contributed by atoms with Gasteiger partial charge in [-0.1, -0.05) is 22.7 Å². The quantitative estimate of drug-likeness (QED) is 0.879. The number of aromatic nitrogens is 2. The molecule has 0 bridgehead atoms. The summed E-state index contributed by atoms with van der Waals surface area (Å²) in [5, 5.41) is 6.93. The highest BCUT2D eigenvalue weighted by Crippen LogP contribution is 2.27. The minimum Gasteiger partial charge on any atom is -0.318 e. The van der Waals surface area contributed by atoms with Gasteiger partial charge in [0.2, 0.25) is 10.0 Å². The second-order valence-corrected chi connectivity index (χ2v) is 7.79. The first kappa shape index (κ1) is 15.7. The van der Waals surface area contributed by atoms with Crippen LogP contribution in [0, 0.1) is 0 Å². The van der Waals surface area contributed by atoms with E-state index in [1.807, 2.05) is 12.1 Å². The molecule has 1 aliphatic heterocycles. The number of carbonyl (C=O) groups is 1. The maximum Gasteiger partial charge on any atom is 0.322 e. The summed E-state index contributed by atoms with van der Waals surface area (Å²) in [6.07, 6.45) is 2.64. The van der Waals surface area contributed by atoms with Crippen LogP contribution >= 0.6 is 11.5 Å². The Bertz CT molecular complexity index is 807.